The Kier molecular flexibility index (Phi) is 7.59. The fourth-order valence-electron chi connectivity index (χ4n) is 5.58. The maximum Gasteiger partial charge on any atom is 0.321 e. The lowest BCUT2D eigenvalue weighted by Crippen LogP contribution is -2.26. The van der Waals surface area contributed by atoms with Gasteiger partial charge in [-0.05, 0) is 66.1 Å². The second-order valence-electron chi connectivity index (χ2n) is 10.8. The van der Waals surface area contributed by atoms with E-state index in [0.717, 1.165) is 16.8 Å². The summed E-state index contributed by atoms with van der Waals surface area (Å²) in [4.78, 5) is 26.5. The van der Waals surface area contributed by atoms with E-state index in [4.69, 9.17) is 4.42 Å². The van der Waals surface area contributed by atoms with Gasteiger partial charge < -0.3 is 9.73 Å². The van der Waals surface area contributed by atoms with Crippen molar-refractivity contribution in [1.29, 1.82) is 0 Å². The number of amides is 1. The minimum absolute atomic E-state index is 0.00184. The molecule has 1 aliphatic rings. The highest BCUT2D eigenvalue weighted by Gasteiger charge is 2.28. The summed E-state index contributed by atoms with van der Waals surface area (Å²) in [5.74, 6) is -1.57. The number of hydrogen-bond acceptors (Lipinski definition) is 5. The van der Waals surface area contributed by atoms with Gasteiger partial charge in [-0.2, -0.15) is 8.78 Å². The number of rotatable bonds is 7. The average Bonchev–Trinajstić information content (AvgIpc) is 3.62. The van der Waals surface area contributed by atoms with Gasteiger partial charge in [-0.15, -0.1) is 0 Å². The number of alkyl halides is 2. The van der Waals surface area contributed by atoms with E-state index in [-0.39, 0.29) is 61.2 Å². The number of fused-ring (bicyclic) bond motifs is 2. The Labute approximate surface area is 260 Å². The molecule has 0 saturated heterocycles. The van der Waals surface area contributed by atoms with Crippen molar-refractivity contribution in [1.82, 2.24) is 9.88 Å². The highest BCUT2D eigenvalue weighted by Crippen LogP contribution is 2.42. The number of benzene rings is 3. The van der Waals surface area contributed by atoms with Gasteiger partial charge in [0.25, 0.3) is 11.5 Å². The number of carbonyl (C=O) groups excluding carboxylic acids is 1. The van der Waals surface area contributed by atoms with Crippen LogP contribution >= 0.6 is 0 Å². The Hall–Kier alpha value is -5.17. The molecule has 0 spiro atoms. The number of nitrogens with one attached hydrogen (secondary N) is 1. The SMILES string of the molecule is CNC(=O)c1c(-c2ccc(F)cc2)oc2cc(N(C)S(C)(=O)=O)c(-c3cc(C4=Cc5c(F)cccc5C4)c(=O)n(C(F)F)c3)cc12. The van der Waals surface area contributed by atoms with E-state index in [0.29, 0.717) is 16.7 Å². The van der Waals surface area contributed by atoms with E-state index < -0.39 is 39.7 Å². The van der Waals surface area contributed by atoms with Crippen molar-refractivity contribution in [2.45, 2.75) is 13.0 Å². The molecule has 236 valence electrons. The first-order valence-electron chi connectivity index (χ1n) is 13.8. The van der Waals surface area contributed by atoms with Crippen molar-refractivity contribution in [3.05, 3.63) is 111 Å². The summed E-state index contributed by atoms with van der Waals surface area (Å²) >= 11 is 0. The zero-order valence-corrected chi connectivity index (χ0v) is 25.4. The summed E-state index contributed by atoms with van der Waals surface area (Å²) in [6.45, 7) is -3.27. The van der Waals surface area contributed by atoms with Gasteiger partial charge in [0.05, 0.1) is 17.5 Å². The van der Waals surface area contributed by atoms with E-state index in [1.54, 1.807) is 6.07 Å². The Bertz CT molecular complexity index is 2260. The number of halogens is 4. The fourth-order valence-corrected chi connectivity index (χ4v) is 6.09. The molecule has 46 heavy (non-hydrogen) atoms. The molecule has 0 fully saturated rings. The van der Waals surface area contributed by atoms with Crippen LogP contribution in [0.1, 0.15) is 33.6 Å². The summed E-state index contributed by atoms with van der Waals surface area (Å²) < 4.78 is 89.7. The van der Waals surface area contributed by atoms with Crippen LogP contribution in [0.2, 0.25) is 0 Å². The standard InChI is InChI=1S/C33H25F4N3O5S/c1-38-31(41)29-25-14-23(27(39(2)46(3,43)44)15-28(25)45-30(29)17-7-9-21(34)10-8-17)20-13-24(32(42)40(16-20)33(36)37)19-11-18-5-4-6-26(35)22(18)12-19/h4-10,12-16,33H,11H2,1-3H3,(H,38,41). The summed E-state index contributed by atoms with van der Waals surface area (Å²) in [7, 11) is -1.29. The Morgan fingerprint density at radius 2 is 1.74 bits per heavy atom. The van der Waals surface area contributed by atoms with Crippen LogP contribution < -0.4 is 15.2 Å². The molecule has 0 radical (unpaired) electrons. The van der Waals surface area contributed by atoms with Crippen LogP contribution in [0.25, 0.3) is 45.1 Å². The first-order chi connectivity index (χ1) is 21.8. The summed E-state index contributed by atoms with van der Waals surface area (Å²) in [6, 6.07) is 13.7. The van der Waals surface area contributed by atoms with Gasteiger partial charge in [0.15, 0.2) is 0 Å². The van der Waals surface area contributed by atoms with Crippen molar-refractivity contribution in [3.63, 3.8) is 0 Å². The zero-order chi connectivity index (χ0) is 33.1. The maximum absolute atomic E-state index is 14.5. The number of furan rings is 1. The number of pyridine rings is 1. The highest BCUT2D eigenvalue weighted by molar-refractivity contribution is 7.92. The first-order valence-corrected chi connectivity index (χ1v) is 15.7. The normalized spacial score (nSPS) is 12.8. The molecule has 0 bridgehead atoms. The minimum atomic E-state index is -3.94. The number of allylic oxidation sites excluding steroid dienone is 1. The molecule has 0 unspecified atom stereocenters. The Morgan fingerprint density at radius 1 is 1.02 bits per heavy atom. The molecule has 1 N–H and O–H groups in total. The van der Waals surface area contributed by atoms with Crippen molar-refractivity contribution < 1.29 is 35.2 Å². The smallest absolute Gasteiger partial charge is 0.321 e. The topological polar surface area (TPSA) is 102 Å². The number of carbonyl (C=O) groups is 1. The lowest BCUT2D eigenvalue weighted by atomic mass is 9.96. The van der Waals surface area contributed by atoms with Crippen LogP contribution in [0.5, 0.6) is 0 Å². The predicted octanol–water partition coefficient (Wildman–Crippen LogP) is 6.45. The van der Waals surface area contributed by atoms with Crippen LogP contribution in [0.15, 0.2) is 76.1 Å². The van der Waals surface area contributed by atoms with Crippen molar-refractivity contribution in [2.24, 2.45) is 0 Å². The number of hydrogen-bond donors (Lipinski definition) is 1. The Morgan fingerprint density at radius 3 is 2.37 bits per heavy atom. The van der Waals surface area contributed by atoms with Crippen LogP contribution in [-0.4, -0.2) is 39.2 Å². The van der Waals surface area contributed by atoms with Gasteiger partial charge >= 0.3 is 6.55 Å². The van der Waals surface area contributed by atoms with Crippen LogP contribution in [0.3, 0.4) is 0 Å². The maximum atomic E-state index is 14.5. The number of sulfonamides is 1. The third kappa shape index (κ3) is 5.26. The van der Waals surface area contributed by atoms with E-state index in [2.05, 4.69) is 5.32 Å². The van der Waals surface area contributed by atoms with Crippen LogP contribution in [0, 0.1) is 11.6 Å². The summed E-state index contributed by atoms with van der Waals surface area (Å²) in [5.41, 5.74) is 0.524. The lowest BCUT2D eigenvalue weighted by molar-refractivity contribution is 0.0664. The molecule has 0 atom stereocenters. The zero-order valence-electron chi connectivity index (χ0n) is 24.6. The third-order valence-corrected chi connectivity index (χ3v) is 9.15. The lowest BCUT2D eigenvalue weighted by Gasteiger charge is -2.21. The van der Waals surface area contributed by atoms with Gasteiger partial charge in [0.2, 0.25) is 10.0 Å². The van der Waals surface area contributed by atoms with E-state index in [1.165, 1.54) is 74.8 Å². The summed E-state index contributed by atoms with van der Waals surface area (Å²) in [5, 5.41) is 2.73. The molecule has 1 amide bonds. The van der Waals surface area contributed by atoms with Gasteiger partial charge in [0.1, 0.15) is 23.0 Å². The van der Waals surface area contributed by atoms with Gasteiger partial charge in [-0.25, -0.2) is 17.2 Å². The summed E-state index contributed by atoms with van der Waals surface area (Å²) in [6.07, 6.45) is 3.39. The van der Waals surface area contributed by atoms with E-state index in [9.17, 15) is 35.6 Å². The predicted molar refractivity (Wildman–Crippen MR) is 167 cm³/mol. The number of aromatic nitrogens is 1. The van der Waals surface area contributed by atoms with Crippen LogP contribution in [0.4, 0.5) is 23.2 Å². The molecular formula is C33H25F4N3O5S. The molecule has 0 saturated carbocycles. The van der Waals surface area contributed by atoms with Gasteiger partial charge in [-0.3, -0.25) is 18.5 Å². The molecule has 13 heteroatoms. The number of anilines is 1. The van der Waals surface area contributed by atoms with E-state index in [1.807, 2.05) is 0 Å². The fraction of sp³-hybridized carbons (Fsp3) is 0.152. The van der Waals surface area contributed by atoms with Crippen molar-refractivity contribution in [2.75, 3.05) is 24.7 Å². The highest BCUT2D eigenvalue weighted by atomic mass is 32.2. The molecule has 5 aromatic rings. The molecule has 2 aromatic heterocycles. The van der Waals surface area contributed by atoms with Gasteiger partial charge in [0, 0.05) is 59.6 Å². The molecule has 1 aliphatic carbocycles. The molecular weight excluding hydrogens is 626 g/mol. The first kappa shape index (κ1) is 30.8. The van der Waals surface area contributed by atoms with E-state index >= 15 is 0 Å². The number of nitrogens with zero attached hydrogens (tertiary/aromatic N) is 2. The molecule has 8 nitrogen and oxygen atoms in total. The second-order valence-corrected chi connectivity index (χ2v) is 12.8. The van der Waals surface area contributed by atoms with Crippen LogP contribution in [-0.2, 0) is 16.4 Å². The van der Waals surface area contributed by atoms with Crippen molar-refractivity contribution >= 4 is 44.2 Å². The molecule has 3 aromatic carbocycles. The molecule has 2 heterocycles. The Balaban J connectivity index is 1.66. The average molecular weight is 652 g/mol. The molecule has 0 aliphatic heterocycles. The quantitative estimate of drug-likeness (QED) is 0.204. The third-order valence-electron chi connectivity index (χ3n) is 7.96. The minimum Gasteiger partial charge on any atom is -0.455 e. The molecule has 6 rings (SSSR count). The van der Waals surface area contributed by atoms with Gasteiger partial charge in [-0.1, -0.05) is 12.1 Å². The van der Waals surface area contributed by atoms with Crippen molar-refractivity contribution in [3.8, 4) is 22.5 Å². The second kappa shape index (κ2) is 11.3. The largest absolute Gasteiger partial charge is 0.455 e. The monoisotopic (exact) mass is 651 g/mol.